The van der Waals surface area contributed by atoms with Gasteiger partial charge in [0.25, 0.3) is 5.91 Å². The molecule has 2 rings (SSSR count). The molecule has 26 heavy (non-hydrogen) atoms. The summed E-state index contributed by atoms with van der Waals surface area (Å²) < 4.78 is 0. The Balaban J connectivity index is 2.07. The quantitative estimate of drug-likeness (QED) is 0.583. The van der Waals surface area contributed by atoms with E-state index < -0.39 is 30.3 Å². The molecule has 2 aromatic rings. The third-order valence-corrected chi connectivity index (χ3v) is 3.37. The largest absolute Gasteiger partial charge is 0.481 e. The van der Waals surface area contributed by atoms with Gasteiger partial charge in [-0.05, 0) is 44.2 Å². The number of carbonyl (C=O) groups excluding carboxylic acids is 1. The SMILES string of the molecule is Cc1cc(C)nc(Nc2ccc(C(=O)NC(CC(=O)O)C(=O)O)cc2)n1. The van der Waals surface area contributed by atoms with Crippen LogP contribution in [-0.2, 0) is 9.59 Å². The Kier molecular flexibility index (Phi) is 5.84. The standard InChI is InChI=1S/C17H18N4O5/c1-9-7-10(2)19-17(18-9)20-12-5-3-11(4-6-12)15(24)21-13(16(25)26)8-14(22)23/h3-7,13H,8H2,1-2H3,(H,21,24)(H,22,23)(H,25,26)(H,18,19,20). The Morgan fingerprint density at radius 2 is 1.62 bits per heavy atom. The van der Waals surface area contributed by atoms with Gasteiger partial charge in [0.2, 0.25) is 5.95 Å². The van der Waals surface area contributed by atoms with Gasteiger partial charge in [-0.2, -0.15) is 0 Å². The van der Waals surface area contributed by atoms with Gasteiger partial charge in [0, 0.05) is 22.6 Å². The van der Waals surface area contributed by atoms with Gasteiger partial charge in [-0.3, -0.25) is 9.59 Å². The van der Waals surface area contributed by atoms with Crippen molar-refractivity contribution in [3.63, 3.8) is 0 Å². The zero-order valence-electron chi connectivity index (χ0n) is 14.2. The van der Waals surface area contributed by atoms with E-state index in [4.69, 9.17) is 10.2 Å². The lowest BCUT2D eigenvalue weighted by molar-refractivity contribution is -0.145. The molecule has 1 heterocycles. The number of nitrogens with one attached hydrogen (secondary N) is 2. The van der Waals surface area contributed by atoms with Crippen LogP contribution in [-0.4, -0.2) is 44.1 Å². The highest BCUT2D eigenvalue weighted by atomic mass is 16.4. The summed E-state index contributed by atoms with van der Waals surface area (Å²) in [5, 5.41) is 22.9. The van der Waals surface area contributed by atoms with E-state index in [1.807, 2.05) is 19.9 Å². The Morgan fingerprint density at radius 3 is 2.12 bits per heavy atom. The predicted molar refractivity (Wildman–Crippen MR) is 92.4 cm³/mol. The van der Waals surface area contributed by atoms with Gasteiger partial charge in [0.05, 0.1) is 6.42 Å². The summed E-state index contributed by atoms with van der Waals surface area (Å²) >= 11 is 0. The fourth-order valence-electron chi connectivity index (χ4n) is 2.23. The molecule has 0 radical (unpaired) electrons. The number of amides is 1. The number of hydrogen-bond acceptors (Lipinski definition) is 6. The van der Waals surface area contributed by atoms with Crippen molar-refractivity contribution in [3.8, 4) is 0 Å². The second-order valence-electron chi connectivity index (χ2n) is 5.64. The van der Waals surface area contributed by atoms with Crippen LogP contribution in [0.4, 0.5) is 11.6 Å². The number of carbonyl (C=O) groups is 3. The zero-order valence-corrected chi connectivity index (χ0v) is 14.2. The van der Waals surface area contributed by atoms with Crippen LogP contribution in [0.15, 0.2) is 30.3 Å². The smallest absolute Gasteiger partial charge is 0.326 e. The fraction of sp³-hybridized carbons (Fsp3) is 0.235. The number of carboxylic acid groups (broad SMARTS) is 2. The molecule has 1 amide bonds. The van der Waals surface area contributed by atoms with Crippen molar-refractivity contribution >= 4 is 29.5 Å². The lowest BCUT2D eigenvalue weighted by atomic mass is 10.1. The van der Waals surface area contributed by atoms with Crippen LogP contribution >= 0.6 is 0 Å². The predicted octanol–water partition coefficient (Wildman–Crippen LogP) is 1.49. The normalized spacial score (nSPS) is 11.5. The van der Waals surface area contributed by atoms with E-state index in [9.17, 15) is 14.4 Å². The number of anilines is 2. The van der Waals surface area contributed by atoms with Gasteiger partial charge >= 0.3 is 11.9 Å². The average Bonchev–Trinajstić information content (AvgIpc) is 2.53. The van der Waals surface area contributed by atoms with Crippen LogP contribution in [0.25, 0.3) is 0 Å². The lowest BCUT2D eigenvalue weighted by Gasteiger charge is -2.13. The number of aliphatic carboxylic acids is 2. The molecule has 1 aromatic carbocycles. The highest BCUT2D eigenvalue weighted by Crippen LogP contribution is 2.15. The summed E-state index contributed by atoms with van der Waals surface area (Å²) in [6, 6.07) is 6.54. The third kappa shape index (κ3) is 5.26. The Bertz CT molecular complexity index is 815. The fourth-order valence-corrected chi connectivity index (χ4v) is 2.23. The van der Waals surface area contributed by atoms with Gasteiger partial charge in [-0.25, -0.2) is 14.8 Å². The summed E-state index contributed by atoms with van der Waals surface area (Å²) in [6.07, 6.45) is -0.704. The Labute approximate surface area is 149 Å². The summed E-state index contributed by atoms with van der Waals surface area (Å²) in [5.74, 6) is -2.98. The van der Waals surface area contributed by atoms with E-state index in [0.717, 1.165) is 11.4 Å². The molecule has 9 heteroatoms. The third-order valence-electron chi connectivity index (χ3n) is 3.37. The van der Waals surface area contributed by atoms with E-state index in [0.29, 0.717) is 11.6 Å². The van der Waals surface area contributed by atoms with Crippen molar-refractivity contribution in [2.24, 2.45) is 0 Å². The molecule has 0 aliphatic heterocycles. The summed E-state index contributed by atoms with van der Waals surface area (Å²) in [6.45, 7) is 3.70. The van der Waals surface area contributed by atoms with Crippen molar-refractivity contribution in [2.45, 2.75) is 26.3 Å². The molecule has 0 fully saturated rings. The van der Waals surface area contributed by atoms with Crippen molar-refractivity contribution in [2.75, 3.05) is 5.32 Å². The average molecular weight is 358 g/mol. The van der Waals surface area contributed by atoms with E-state index >= 15 is 0 Å². The Hall–Kier alpha value is -3.49. The second kappa shape index (κ2) is 8.06. The van der Waals surface area contributed by atoms with Crippen LogP contribution in [0.5, 0.6) is 0 Å². The first-order valence-corrected chi connectivity index (χ1v) is 7.69. The van der Waals surface area contributed by atoms with Crippen LogP contribution in [0, 0.1) is 13.8 Å². The van der Waals surface area contributed by atoms with Gasteiger partial charge in [-0.15, -0.1) is 0 Å². The molecular formula is C17H18N4O5. The first kappa shape index (κ1) is 18.8. The monoisotopic (exact) mass is 358 g/mol. The molecule has 1 atom stereocenters. The number of hydrogen-bond donors (Lipinski definition) is 4. The topological polar surface area (TPSA) is 142 Å². The van der Waals surface area contributed by atoms with Crippen LogP contribution < -0.4 is 10.6 Å². The van der Waals surface area contributed by atoms with Crippen molar-refractivity contribution < 1.29 is 24.6 Å². The van der Waals surface area contributed by atoms with Crippen molar-refractivity contribution in [3.05, 3.63) is 47.3 Å². The van der Waals surface area contributed by atoms with Crippen molar-refractivity contribution in [1.29, 1.82) is 0 Å². The molecule has 0 saturated carbocycles. The van der Waals surface area contributed by atoms with Crippen molar-refractivity contribution in [1.82, 2.24) is 15.3 Å². The Morgan fingerprint density at radius 1 is 1.04 bits per heavy atom. The number of carboxylic acids is 2. The lowest BCUT2D eigenvalue weighted by Crippen LogP contribution is -2.42. The summed E-state index contributed by atoms with van der Waals surface area (Å²) in [4.78, 5) is 42.3. The van der Waals surface area contributed by atoms with Gasteiger partial charge in [0.15, 0.2) is 0 Å². The molecule has 0 aliphatic carbocycles. The van der Waals surface area contributed by atoms with Gasteiger partial charge in [0.1, 0.15) is 6.04 Å². The molecule has 9 nitrogen and oxygen atoms in total. The van der Waals surface area contributed by atoms with Gasteiger partial charge in [-0.1, -0.05) is 0 Å². The molecule has 0 aliphatic rings. The summed E-state index contributed by atoms with van der Waals surface area (Å²) in [7, 11) is 0. The van der Waals surface area contributed by atoms with Crippen LogP contribution in [0.1, 0.15) is 28.2 Å². The highest BCUT2D eigenvalue weighted by Gasteiger charge is 2.23. The second-order valence-corrected chi connectivity index (χ2v) is 5.64. The minimum absolute atomic E-state index is 0.202. The maximum absolute atomic E-state index is 12.1. The first-order chi connectivity index (χ1) is 12.2. The van der Waals surface area contributed by atoms with E-state index in [-0.39, 0.29) is 5.56 Å². The van der Waals surface area contributed by atoms with Crippen LogP contribution in [0.2, 0.25) is 0 Å². The molecule has 0 saturated heterocycles. The highest BCUT2D eigenvalue weighted by molar-refractivity contribution is 5.97. The minimum Gasteiger partial charge on any atom is -0.481 e. The zero-order chi connectivity index (χ0) is 19.3. The number of aryl methyl sites for hydroxylation is 2. The summed E-state index contributed by atoms with van der Waals surface area (Å²) in [5.41, 5.74) is 2.48. The molecule has 4 N–H and O–H groups in total. The molecule has 0 bridgehead atoms. The number of benzene rings is 1. The molecular weight excluding hydrogens is 340 g/mol. The van der Waals surface area contributed by atoms with E-state index in [1.165, 1.54) is 12.1 Å². The molecule has 0 spiro atoms. The number of rotatable bonds is 7. The van der Waals surface area contributed by atoms with Crippen LogP contribution in [0.3, 0.4) is 0 Å². The van der Waals surface area contributed by atoms with E-state index in [1.54, 1.807) is 12.1 Å². The molecule has 1 aromatic heterocycles. The minimum atomic E-state index is -1.50. The maximum Gasteiger partial charge on any atom is 0.326 e. The number of nitrogens with zero attached hydrogens (tertiary/aromatic N) is 2. The molecule has 1 unspecified atom stereocenters. The first-order valence-electron chi connectivity index (χ1n) is 7.69. The number of aromatic nitrogens is 2. The van der Waals surface area contributed by atoms with E-state index in [2.05, 4.69) is 20.6 Å². The molecule has 136 valence electrons. The maximum atomic E-state index is 12.1. The van der Waals surface area contributed by atoms with Gasteiger partial charge < -0.3 is 20.8 Å².